The van der Waals surface area contributed by atoms with Crippen molar-refractivity contribution in [3.8, 4) is 33.9 Å². The predicted octanol–water partition coefficient (Wildman–Crippen LogP) is 8.85. The van der Waals surface area contributed by atoms with E-state index in [1.54, 1.807) is 0 Å². The lowest BCUT2D eigenvalue weighted by atomic mass is 10.0. The molecule has 188 valence electrons. The highest BCUT2D eigenvalue weighted by Crippen LogP contribution is 2.37. The van der Waals surface area contributed by atoms with E-state index in [-0.39, 0.29) is 0 Å². The van der Waals surface area contributed by atoms with E-state index in [9.17, 15) is 0 Å². The van der Waals surface area contributed by atoms with Crippen molar-refractivity contribution < 1.29 is 0 Å². The number of aromatic nitrogens is 4. The van der Waals surface area contributed by atoms with Crippen LogP contribution in [0.25, 0.3) is 66.6 Å². The minimum Gasteiger partial charge on any atom is -0.309 e. The minimum absolute atomic E-state index is 0.913. The molecule has 0 radical (unpaired) electrons. The molecule has 4 heteroatoms. The third-order valence-electron chi connectivity index (χ3n) is 7.66. The van der Waals surface area contributed by atoms with Crippen LogP contribution in [-0.4, -0.2) is 19.1 Å². The Hall–Kier alpha value is -5.48. The fourth-order valence-electron chi connectivity index (χ4n) is 5.85. The zero-order valence-corrected chi connectivity index (χ0v) is 21.6. The van der Waals surface area contributed by atoms with Gasteiger partial charge in [0.1, 0.15) is 5.82 Å². The monoisotopic (exact) mass is 512 g/mol. The summed E-state index contributed by atoms with van der Waals surface area (Å²) in [6.45, 7) is 0. The van der Waals surface area contributed by atoms with Gasteiger partial charge in [-0.2, -0.15) is 0 Å². The smallest absolute Gasteiger partial charge is 0.144 e. The van der Waals surface area contributed by atoms with E-state index in [4.69, 9.17) is 9.97 Å². The standard InChI is InChI=1S/C36H24N4/c1-2-12-28(13-3-1)39-22-21-38-36(39)27-10-6-14-29(23-27)40-33-17-5-4-15-31(33)32-19-18-26(24-34(32)40)30-16-7-9-25-11-8-20-37-35(25)30/h1-24H. The topological polar surface area (TPSA) is 35.6 Å². The van der Waals surface area contributed by atoms with Crippen molar-refractivity contribution in [2.45, 2.75) is 0 Å². The number of fused-ring (bicyclic) bond motifs is 4. The van der Waals surface area contributed by atoms with Crippen LogP contribution < -0.4 is 0 Å². The molecule has 0 N–H and O–H groups in total. The average molecular weight is 513 g/mol. The number of pyridine rings is 1. The first-order valence-electron chi connectivity index (χ1n) is 13.4. The number of hydrogen-bond acceptors (Lipinski definition) is 2. The number of rotatable bonds is 4. The Labute approximate surface area is 231 Å². The van der Waals surface area contributed by atoms with Crippen LogP contribution in [0.15, 0.2) is 146 Å². The molecule has 0 saturated heterocycles. The molecule has 40 heavy (non-hydrogen) atoms. The second-order valence-corrected chi connectivity index (χ2v) is 9.97. The highest BCUT2D eigenvalue weighted by Gasteiger charge is 2.16. The molecule has 3 heterocycles. The van der Waals surface area contributed by atoms with E-state index in [1.165, 1.54) is 16.3 Å². The van der Waals surface area contributed by atoms with Crippen LogP contribution in [0.5, 0.6) is 0 Å². The summed E-state index contributed by atoms with van der Waals surface area (Å²) < 4.78 is 4.50. The van der Waals surface area contributed by atoms with E-state index in [1.807, 2.05) is 30.7 Å². The Morgan fingerprint density at radius 2 is 1.30 bits per heavy atom. The second-order valence-electron chi connectivity index (χ2n) is 9.97. The first-order valence-corrected chi connectivity index (χ1v) is 13.4. The molecule has 0 amide bonds. The van der Waals surface area contributed by atoms with E-state index >= 15 is 0 Å². The van der Waals surface area contributed by atoms with Crippen molar-refractivity contribution in [1.82, 2.24) is 19.1 Å². The van der Waals surface area contributed by atoms with Gasteiger partial charge in [-0.25, -0.2) is 4.98 Å². The maximum Gasteiger partial charge on any atom is 0.144 e. The van der Waals surface area contributed by atoms with E-state index in [2.05, 4.69) is 124 Å². The van der Waals surface area contributed by atoms with Gasteiger partial charge < -0.3 is 4.57 Å². The normalized spacial score (nSPS) is 11.5. The molecule has 0 saturated carbocycles. The van der Waals surface area contributed by atoms with Crippen LogP contribution in [0.1, 0.15) is 0 Å². The van der Waals surface area contributed by atoms with Crippen LogP contribution in [0, 0.1) is 0 Å². The van der Waals surface area contributed by atoms with E-state index < -0.39 is 0 Å². The Kier molecular flexibility index (Phi) is 5.10. The highest BCUT2D eigenvalue weighted by molar-refractivity contribution is 6.10. The summed E-state index contributed by atoms with van der Waals surface area (Å²) in [6.07, 6.45) is 5.74. The van der Waals surface area contributed by atoms with Crippen molar-refractivity contribution in [2.24, 2.45) is 0 Å². The van der Waals surface area contributed by atoms with Gasteiger partial charge >= 0.3 is 0 Å². The molecule has 0 aliphatic rings. The molecule has 5 aromatic carbocycles. The molecule has 0 aliphatic carbocycles. The number of benzene rings is 5. The van der Waals surface area contributed by atoms with Crippen LogP contribution in [-0.2, 0) is 0 Å². The third-order valence-corrected chi connectivity index (χ3v) is 7.66. The lowest BCUT2D eigenvalue weighted by Gasteiger charge is -2.12. The molecule has 0 aliphatic heterocycles. The van der Waals surface area contributed by atoms with Crippen molar-refractivity contribution in [3.63, 3.8) is 0 Å². The molecule has 0 fully saturated rings. The largest absolute Gasteiger partial charge is 0.309 e. The molecule has 0 spiro atoms. The fourth-order valence-corrected chi connectivity index (χ4v) is 5.85. The molecular weight excluding hydrogens is 488 g/mol. The molecule has 0 unspecified atom stereocenters. The zero-order chi connectivity index (χ0) is 26.5. The summed E-state index contributed by atoms with van der Waals surface area (Å²) in [4.78, 5) is 9.46. The zero-order valence-electron chi connectivity index (χ0n) is 21.6. The maximum absolute atomic E-state index is 4.74. The quantitative estimate of drug-likeness (QED) is 0.236. The van der Waals surface area contributed by atoms with Gasteiger partial charge in [0.15, 0.2) is 0 Å². The second kappa shape index (κ2) is 9.07. The summed E-state index contributed by atoms with van der Waals surface area (Å²) in [6, 6.07) is 44.9. The molecular formula is C36H24N4. The third kappa shape index (κ3) is 3.54. The summed E-state index contributed by atoms with van der Waals surface area (Å²) >= 11 is 0. The van der Waals surface area contributed by atoms with Crippen LogP contribution in [0.3, 0.4) is 0 Å². The lowest BCUT2D eigenvalue weighted by Crippen LogP contribution is -1.98. The summed E-state index contributed by atoms with van der Waals surface area (Å²) in [5.74, 6) is 0.913. The van der Waals surface area contributed by atoms with Gasteiger partial charge in [-0.15, -0.1) is 0 Å². The molecule has 0 bridgehead atoms. The Balaban J connectivity index is 1.35. The van der Waals surface area contributed by atoms with Gasteiger partial charge in [-0.3, -0.25) is 9.55 Å². The summed E-state index contributed by atoms with van der Waals surface area (Å²) in [7, 11) is 0. The first-order chi connectivity index (χ1) is 19.8. The maximum atomic E-state index is 4.74. The van der Waals surface area contributed by atoms with Gasteiger partial charge in [0.2, 0.25) is 0 Å². The van der Waals surface area contributed by atoms with Gasteiger partial charge in [0.25, 0.3) is 0 Å². The minimum atomic E-state index is 0.913. The lowest BCUT2D eigenvalue weighted by molar-refractivity contribution is 1.06. The number of imidazole rings is 1. The number of para-hydroxylation sites is 3. The SMILES string of the molecule is c1ccc(-n2ccnc2-c2cccc(-n3c4ccccc4c4ccc(-c5cccc6cccnc56)cc43)c2)cc1. The molecule has 8 aromatic rings. The Morgan fingerprint density at radius 3 is 2.25 bits per heavy atom. The highest BCUT2D eigenvalue weighted by atomic mass is 15.1. The van der Waals surface area contributed by atoms with Crippen molar-refractivity contribution in [3.05, 3.63) is 146 Å². The van der Waals surface area contributed by atoms with E-state index in [0.29, 0.717) is 0 Å². The van der Waals surface area contributed by atoms with Crippen molar-refractivity contribution in [1.29, 1.82) is 0 Å². The van der Waals surface area contributed by atoms with Crippen LogP contribution in [0.4, 0.5) is 0 Å². The van der Waals surface area contributed by atoms with Crippen molar-refractivity contribution in [2.75, 3.05) is 0 Å². The van der Waals surface area contributed by atoms with E-state index in [0.717, 1.165) is 50.3 Å². The summed E-state index contributed by atoms with van der Waals surface area (Å²) in [5, 5.41) is 3.60. The first kappa shape index (κ1) is 22.5. The van der Waals surface area contributed by atoms with Crippen LogP contribution in [0.2, 0.25) is 0 Å². The van der Waals surface area contributed by atoms with Gasteiger partial charge in [0.05, 0.1) is 16.6 Å². The van der Waals surface area contributed by atoms with Gasteiger partial charge in [-0.1, -0.05) is 84.9 Å². The number of nitrogens with zero attached hydrogens (tertiary/aromatic N) is 4. The predicted molar refractivity (Wildman–Crippen MR) is 164 cm³/mol. The fraction of sp³-hybridized carbons (Fsp3) is 0. The molecule has 0 atom stereocenters. The Bertz CT molecular complexity index is 2160. The van der Waals surface area contributed by atoms with Crippen molar-refractivity contribution >= 4 is 32.7 Å². The molecule has 8 rings (SSSR count). The molecule has 4 nitrogen and oxygen atoms in total. The average Bonchev–Trinajstić information content (AvgIpc) is 3.64. The summed E-state index contributed by atoms with van der Waals surface area (Å²) in [5.41, 5.74) is 8.88. The number of hydrogen-bond donors (Lipinski definition) is 0. The van der Waals surface area contributed by atoms with Gasteiger partial charge in [0, 0.05) is 57.3 Å². The van der Waals surface area contributed by atoms with Gasteiger partial charge in [-0.05, 0) is 48.0 Å². The van der Waals surface area contributed by atoms with Crippen LogP contribution >= 0.6 is 0 Å². The molecule has 3 aromatic heterocycles. The Morgan fingerprint density at radius 1 is 0.500 bits per heavy atom.